The van der Waals surface area contributed by atoms with Gasteiger partial charge in [-0.15, -0.1) is 0 Å². The van der Waals surface area contributed by atoms with Gasteiger partial charge in [-0.25, -0.2) is 4.98 Å². The van der Waals surface area contributed by atoms with Crippen LogP contribution in [-0.2, 0) is 23.1 Å². The molecule has 0 spiro atoms. The van der Waals surface area contributed by atoms with Crippen molar-refractivity contribution in [1.82, 2.24) is 24.6 Å². The average Bonchev–Trinajstić information content (AvgIpc) is 3.42. The van der Waals surface area contributed by atoms with E-state index in [4.69, 9.17) is 4.74 Å². The number of benzene rings is 1. The fraction of sp³-hybridized carbons (Fsp3) is 0.381. The highest BCUT2D eigenvalue weighted by atomic mass is 16.5. The third-order valence-corrected chi connectivity index (χ3v) is 5.26. The molecule has 1 aromatic carbocycles. The van der Waals surface area contributed by atoms with E-state index < -0.39 is 0 Å². The summed E-state index contributed by atoms with van der Waals surface area (Å²) < 4.78 is 8.42. The molecule has 0 saturated carbocycles. The van der Waals surface area contributed by atoms with Gasteiger partial charge in [0.15, 0.2) is 5.65 Å². The standard InChI is InChI=1S/C21H24N6O4/c1-26-19-16(12-24-26)21(30)27(13-23-19)9-8-18(28)25-17-7-3-2-6-15(17)20(29)22-11-14-5-4-10-31-14/h2-3,6-7,12-14H,4-5,8-11H2,1H3,(H,22,29)(H,25,28). The third-order valence-electron chi connectivity index (χ3n) is 5.26. The van der Waals surface area contributed by atoms with Gasteiger partial charge < -0.3 is 15.4 Å². The summed E-state index contributed by atoms with van der Waals surface area (Å²) in [5, 5.41) is 10.1. The molecule has 0 bridgehead atoms. The molecule has 1 unspecified atom stereocenters. The van der Waals surface area contributed by atoms with Crippen LogP contribution in [0.2, 0.25) is 0 Å². The van der Waals surface area contributed by atoms with Crippen molar-refractivity contribution in [1.29, 1.82) is 0 Å². The van der Waals surface area contributed by atoms with Crippen LogP contribution in [0.3, 0.4) is 0 Å². The number of fused-ring (bicyclic) bond motifs is 1. The smallest absolute Gasteiger partial charge is 0.264 e. The van der Waals surface area contributed by atoms with Gasteiger partial charge in [-0.05, 0) is 25.0 Å². The van der Waals surface area contributed by atoms with Gasteiger partial charge in [-0.2, -0.15) is 5.10 Å². The van der Waals surface area contributed by atoms with E-state index in [-0.39, 0.29) is 36.4 Å². The Morgan fingerprint density at radius 1 is 1.29 bits per heavy atom. The molecule has 3 aromatic rings. The quantitative estimate of drug-likeness (QED) is 0.585. The van der Waals surface area contributed by atoms with Crippen molar-refractivity contribution in [3.8, 4) is 0 Å². The van der Waals surface area contributed by atoms with Gasteiger partial charge in [0, 0.05) is 33.2 Å². The molecule has 1 aliphatic rings. The molecule has 162 valence electrons. The maximum atomic E-state index is 12.6. The first kappa shape index (κ1) is 20.7. The Labute approximate surface area is 178 Å². The summed E-state index contributed by atoms with van der Waals surface area (Å²) in [4.78, 5) is 41.8. The Hall–Kier alpha value is -3.53. The molecule has 10 heteroatoms. The summed E-state index contributed by atoms with van der Waals surface area (Å²) in [6, 6.07) is 6.82. The molecule has 1 aliphatic heterocycles. The van der Waals surface area contributed by atoms with Gasteiger partial charge >= 0.3 is 0 Å². The summed E-state index contributed by atoms with van der Waals surface area (Å²) in [5.74, 6) is -0.577. The summed E-state index contributed by atoms with van der Waals surface area (Å²) in [7, 11) is 1.71. The number of nitrogens with one attached hydrogen (secondary N) is 2. The molecular weight excluding hydrogens is 400 g/mol. The third kappa shape index (κ3) is 4.64. The Morgan fingerprint density at radius 3 is 2.94 bits per heavy atom. The van der Waals surface area contributed by atoms with Crippen LogP contribution in [0.4, 0.5) is 5.69 Å². The molecule has 0 aliphatic carbocycles. The van der Waals surface area contributed by atoms with Crippen LogP contribution in [-0.4, -0.2) is 50.4 Å². The molecule has 0 radical (unpaired) electrons. The van der Waals surface area contributed by atoms with Crippen molar-refractivity contribution in [2.24, 2.45) is 7.05 Å². The number of nitrogens with zero attached hydrogens (tertiary/aromatic N) is 4. The minimum atomic E-state index is -0.308. The lowest BCUT2D eigenvalue weighted by Gasteiger charge is -2.14. The zero-order chi connectivity index (χ0) is 21.8. The molecule has 31 heavy (non-hydrogen) atoms. The number of aromatic nitrogens is 4. The summed E-state index contributed by atoms with van der Waals surface area (Å²) in [5.41, 5.74) is 1.04. The number of carbonyl (C=O) groups is 2. The van der Waals surface area contributed by atoms with Crippen molar-refractivity contribution in [3.63, 3.8) is 0 Å². The molecule has 3 heterocycles. The normalized spacial score (nSPS) is 15.8. The molecule has 2 amide bonds. The lowest BCUT2D eigenvalue weighted by atomic mass is 10.1. The number of anilines is 1. The fourth-order valence-electron chi connectivity index (χ4n) is 3.56. The number of amides is 2. The van der Waals surface area contributed by atoms with Gasteiger partial charge in [0.05, 0.1) is 29.9 Å². The second kappa shape index (κ2) is 9.09. The van der Waals surface area contributed by atoms with Gasteiger partial charge in [0.2, 0.25) is 5.91 Å². The van der Waals surface area contributed by atoms with Crippen LogP contribution < -0.4 is 16.2 Å². The van der Waals surface area contributed by atoms with Crippen LogP contribution in [0, 0.1) is 0 Å². The van der Waals surface area contributed by atoms with E-state index in [9.17, 15) is 14.4 Å². The maximum absolute atomic E-state index is 12.6. The maximum Gasteiger partial charge on any atom is 0.264 e. The van der Waals surface area contributed by atoms with E-state index in [2.05, 4.69) is 20.7 Å². The lowest BCUT2D eigenvalue weighted by Crippen LogP contribution is -2.32. The lowest BCUT2D eigenvalue weighted by molar-refractivity contribution is -0.116. The van der Waals surface area contributed by atoms with Crippen molar-refractivity contribution in [2.45, 2.75) is 31.9 Å². The number of ether oxygens (including phenoxy) is 1. The number of carbonyl (C=O) groups excluding carboxylic acids is 2. The van der Waals surface area contributed by atoms with Gasteiger partial charge in [0.25, 0.3) is 11.5 Å². The first-order valence-corrected chi connectivity index (χ1v) is 10.2. The zero-order valence-electron chi connectivity index (χ0n) is 17.2. The second-order valence-electron chi connectivity index (χ2n) is 7.44. The molecule has 1 fully saturated rings. The summed E-state index contributed by atoms with van der Waals surface area (Å²) in [6.07, 6.45) is 4.89. The first-order chi connectivity index (χ1) is 15.0. The van der Waals surface area contributed by atoms with Crippen LogP contribution in [0.25, 0.3) is 11.0 Å². The number of para-hydroxylation sites is 1. The zero-order valence-corrected chi connectivity index (χ0v) is 17.2. The monoisotopic (exact) mass is 424 g/mol. The number of hydrogen-bond acceptors (Lipinski definition) is 6. The molecule has 1 saturated heterocycles. The van der Waals surface area contributed by atoms with Gasteiger partial charge in [-0.3, -0.25) is 23.6 Å². The van der Waals surface area contributed by atoms with E-state index in [1.54, 1.807) is 31.3 Å². The highest BCUT2D eigenvalue weighted by Gasteiger charge is 2.18. The van der Waals surface area contributed by atoms with E-state index in [1.807, 2.05) is 0 Å². The van der Waals surface area contributed by atoms with Crippen molar-refractivity contribution in [3.05, 3.63) is 52.7 Å². The van der Waals surface area contributed by atoms with E-state index in [0.717, 1.165) is 19.4 Å². The van der Waals surface area contributed by atoms with E-state index in [1.165, 1.54) is 21.8 Å². The van der Waals surface area contributed by atoms with Crippen molar-refractivity contribution >= 4 is 28.5 Å². The molecule has 2 N–H and O–H groups in total. The molecule has 4 rings (SSSR count). The van der Waals surface area contributed by atoms with Crippen LogP contribution >= 0.6 is 0 Å². The number of aryl methyl sites for hydroxylation is 2. The Morgan fingerprint density at radius 2 is 2.13 bits per heavy atom. The van der Waals surface area contributed by atoms with Crippen molar-refractivity contribution < 1.29 is 14.3 Å². The van der Waals surface area contributed by atoms with E-state index in [0.29, 0.717) is 28.8 Å². The molecular formula is C21H24N6O4. The second-order valence-corrected chi connectivity index (χ2v) is 7.44. The van der Waals surface area contributed by atoms with Crippen LogP contribution in [0.5, 0.6) is 0 Å². The minimum absolute atomic E-state index is 0.0368. The SMILES string of the molecule is Cn1ncc2c(=O)n(CCC(=O)Nc3ccccc3C(=O)NCC3CCCO3)cnc21. The summed E-state index contributed by atoms with van der Waals surface area (Å²) >= 11 is 0. The Bertz CT molecular complexity index is 1160. The number of rotatable bonds is 7. The minimum Gasteiger partial charge on any atom is -0.376 e. The molecule has 2 aromatic heterocycles. The molecule has 10 nitrogen and oxygen atoms in total. The highest BCUT2D eigenvalue weighted by Crippen LogP contribution is 2.16. The first-order valence-electron chi connectivity index (χ1n) is 10.2. The van der Waals surface area contributed by atoms with Gasteiger partial charge in [-0.1, -0.05) is 12.1 Å². The average molecular weight is 424 g/mol. The Kier molecular flexibility index (Phi) is 6.08. The van der Waals surface area contributed by atoms with Crippen LogP contribution in [0.15, 0.2) is 41.6 Å². The predicted octanol–water partition coefficient (Wildman–Crippen LogP) is 1.07. The number of hydrogen-bond donors (Lipinski definition) is 2. The van der Waals surface area contributed by atoms with E-state index >= 15 is 0 Å². The summed E-state index contributed by atoms with van der Waals surface area (Å²) in [6.45, 7) is 1.32. The topological polar surface area (TPSA) is 120 Å². The largest absolute Gasteiger partial charge is 0.376 e. The van der Waals surface area contributed by atoms with Crippen LogP contribution in [0.1, 0.15) is 29.6 Å². The highest BCUT2D eigenvalue weighted by molar-refractivity contribution is 6.03. The fourth-order valence-corrected chi connectivity index (χ4v) is 3.56. The van der Waals surface area contributed by atoms with Gasteiger partial charge in [0.1, 0.15) is 5.39 Å². The van der Waals surface area contributed by atoms with Crippen molar-refractivity contribution in [2.75, 3.05) is 18.5 Å². The Balaban J connectivity index is 1.38. The predicted molar refractivity (Wildman–Crippen MR) is 114 cm³/mol. The molecule has 1 atom stereocenters.